The first-order valence-corrected chi connectivity index (χ1v) is 7.15. The molecule has 1 aliphatic carbocycles. The molecule has 0 aromatic heterocycles. The van der Waals surface area contributed by atoms with E-state index in [2.05, 4.69) is 36.4 Å². The molecule has 0 aliphatic heterocycles. The summed E-state index contributed by atoms with van der Waals surface area (Å²) in [5, 5.41) is 2.43. The average molecular weight is 266 g/mol. The second-order valence-corrected chi connectivity index (χ2v) is 5.10. The third-order valence-electron chi connectivity index (χ3n) is 3.85. The van der Waals surface area contributed by atoms with E-state index in [0.29, 0.717) is 6.61 Å². The van der Waals surface area contributed by atoms with Gasteiger partial charge in [-0.15, -0.1) is 0 Å². The van der Waals surface area contributed by atoms with Gasteiger partial charge in [0.25, 0.3) is 0 Å². The number of hydrogen-bond donors (Lipinski definition) is 0. The van der Waals surface area contributed by atoms with Gasteiger partial charge in [-0.3, -0.25) is 4.79 Å². The standard InChI is InChI=1S/C18H18O2/c1-2-20-18(19)17-9-5-8-16(17)15-11-10-13-6-3-4-7-14(13)12-15/h3-4,6-8,10-12,17H,2,5,9H2,1H3. The Bertz CT molecular complexity index is 670. The number of benzene rings is 2. The largest absolute Gasteiger partial charge is 0.466 e. The first-order valence-electron chi connectivity index (χ1n) is 7.15. The van der Waals surface area contributed by atoms with Gasteiger partial charge in [0, 0.05) is 0 Å². The molecule has 1 aliphatic rings. The number of esters is 1. The smallest absolute Gasteiger partial charge is 0.313 e. The normalized spacial score (nSPS) is 18.1. The number of fused-ring (bicyclic) bond motifs is 1. The molecule has 0 N–H and O–H groups in total. The molecule has 20 heavy (non-hydrogen) atoms. The molecular formula is C18H18O2. The molecule has 1 unspecified atom stereocenters. The van der Waals surface area contributed by atoms with Gasteiger partial charge in [0.05, 0.1) is 12.5 Å². The van der Waals surface area contributed by atoms with E-state index >= 15 is 0 Å². The molecule has 2 heteroatoms. The van der Waals surface area contributed by atoms with Crippen LogP contribution < -0.4 is 0 Å². The molecule has 0 fully saturated rings. The number of allylic oxidation sites excluding steroid dienone is 1. The van der Waals surface area contributed by atoms with Crippen LogP contribution in [0.4, 0.5) is 0 Å². The van der Waals surface area contributed by atoms with Crippen LogP contribution in [0.1, 0.15) is 25.3 Å². The maximum atomic E-state index is 12.0. The first kappa shape index (κ1) is 12.9. The summed E-state index contributed by atoms with van der Waals surface area (Å²) in [4.78, 5) is 12.0. The summed E-state index contributed by atoms with van der Waals surface area (Å²) in [6.45, 7) is 2.30. The predicted molar refractivity (Wildman–Crippen MR) is 81.3 cm³/mol. The van der Waals surface area contributed by atoms with Crippen LogP contribution in [0, 0.1) is 5.92 Å². The van der Waals surface area contributed by atoms with Gasteiger partial charge < -0.3 is 4.74 Å². The Morgan fingerprint density at radius 3 is 2.80 bits per heavy atom. The quantitative estimate of drug-likeness (QED) is 0.778. The average Bonchev–Trinajstić information content (AvgIpc) is 2.96. The predicted octanol–water partition coefficient (Wildman–Crippen LogP) is 4.20. The lowest BCUT2D eigenvalue weighted by Gasteiger charge is -2.14. The maximum Gasteiger partial charge on any atom is 0.313 e. The van der Waals surface area contributed by atoms with E-state index in [1.807, 2.05) is 19.1 Å². The number of carbonyl (C=O) groups is 1. The zero-order valence-corrected chi connectivity index (χ0v) is 11.6. The van der Waals surface area contributed by atoms with Gasteiger partial charge in [-0.2, -0.15) is 0 Å². The molecule has 0 radical (unpaired) electrons. The number of ether oxygens (including phenoxy) is 1. The van der Waals surface area contributed by atoms with E-state index in [1.54, 1.807) is 0 Å². The van der Waals surface area contributed by atoms with Gasteiger partial charge in [-0.05, 0) is 47.7 Å². The Kier molecular flexibility index (Phi) is 3.55. The van der Waals surface area contributed by atoms with Crippen LogP contribution in [0.15, 0.2) is 48.5 Å². The lowest BCUT2D eigenvalue weighted by atomic mass is 9.93. The van der Waals surface area contributed by atoms with Crippen molar-refractivity contribution in [2.24, 2.45) is 5.92 Å². The molecule has 2 nitrogen and oxygen atoms in total. The molecule has 2 aromatic rings. The Morgan fingerprint density at radius 1 is 1.20 bits per heavy atom. The molecule has 1 atom stereocenters. The van der Waals surface area contributed by atoms with Crippen molar-refractivity contribution in [3.63, 3.8) is 0 Å². The van der Waals surface area contributed by atoms with Crippen molar-refractivity contribution in [2.45, 2.75) is 19.8 Å². The van der Waals surface area contributed by atoms with Crippen LogP contribution >= 0.6 is 0 Å². The van der Waals surface area contributed by atoms with Crippen molar-refractivity contribution in [1.29, 1.82) is 0 Å². The summed E-state index contributed by atoms with van der Waals surface area (Å²) < 4.78 is 5.19. The third-order valence-corrected chi connectivity index (χ3v) is 3.85. The van der Waals surface area contributed by atoms with Crippen molar-refractivity contribution in [3.8, 4) is 0 Å². The summed E-state index contributed by atoms with van der Waals surface area (Å²) in [6.07, 6.45) is 3.98. The molecular weight excluding hydrogens is 248 g/mol. The van der Waals surface area contributed by atoms with E-state index in [0.717, 1.165) is 24.0 Å². The Morgan fingerprint density at radius 2 is 2.00 bits per heavy atom. The fraction of sp³-hybridized carbons (Fsp3) is 0.278. The number of carbonyl (C=O) groups excluding carboxylic acids is 1. The highest BCUT2D eigenvalue weighted by molar-refractivity contribution is 5.93. The molecule has 0 heterocycles. The SMILES string of the molecule is CCOC(=O)C1CCC=C1c1ccc2ccccc2c1. The highest BCUT2D eigenvalue weighted by Crippen LogP contribution is 2.35. The molecule has 102 valence electrons. The summed E-state index contributed by atoms with van der Waals surface area (Å²) in [5.74, 6) is -0.194. The lowest BCUT2D eigenvalue weighted by Crippen LogP contribution is -2.16. The second-order valence-electron chi connectivity index (χ2n) is 5.10. The fourth-order valence-corrected chi connectivity index (χ4v) is 2.88. The van der Waals surface area contributed by atoms with E-state index in [1.165, 1.54) is 10.8 Å². The van der Waals surface area contributed by atoms with Gasteiger partial charge in [-0.25, -0.2) is 0 Å². The molecule has 0 saturated carbocycles. The van der Waals surface area contributed by atoms with E-state index in [9.17, 15) is 4.79 Å². The van der Waals surface area contributed by atoms with Crippen LogP contribution in [-0.4, -0.2) is 12.6 Å². The minimum absolute atomic E-state index is 0.0931. The van der Waals surface area contributed by atoms with Crippen LogP contribution in [0.2, 0.25) is 0 Å². The molecule has 0 amide bonds. The highest BCUT2D eigenvalue weighted by atomic mass is 16.5. The van der Waals surface area contributed by atoms with Crippen LogP contribution in [0.5, 0.6) is 0 Å². The van der Waals surface area contributed by atoms with Gasteiger partial charge in [0.2, 0.25) is 0 Å². The minimum Gasteiger partial charge on any atom is -0.466 e. The second kappa shape index (κ2) is 5.49. The molecule has 3 rings (SSSR count). The summed E-state index contributed by atoms with van der Waals surface area (Å²) in [6, 6.07) is 14.7. The summed E-state index contributed by atoms with van der Waals surface area (Å²) in [7, 11) is 0. The van der Waals surface area contributed by atoms with Gasteiger partial charge >= 0.3 is 5.97 Å². The van der Waals surface area contributed by atoms with Crippen molar-refractivity contribution < 1.29 is 9.53 Å². The van der Waals surface area contributed by atoms with Crippen molar-refractivity contribution in [3.05, 3.63) is 54.1 Å². The van der Waals surface area contributed by atoms with Crippen molar-refractivity contribution >= 4 is 22.3 Å². The number of rotatable bonds is 3. The number of hydrogen-bond acceptors (Lipinski definition) is 2. The van der Waals surface area contributed by atoms with E-state index in [4.69, 9.17) is 4.74 Å². The molecule has 0 saturated heterocycles. The molecule has 0 bridgehead atoms. The zero-order chi connectivity index (χ0) is 13.9. The van der Waals surface area contributed by atoms with Crippen LogP contribution in [0.3, 0.4) is 0 Å². The molecule has 2 aromatic carbocycles. The van der Waals surface area contributed by atoms with E-state index < -0.39 is 0 Å². The first-order chi connectivity index (χ1) is 9.79. The van der Waals surface area contributed by atoms with Crippen molar-refractivity contribution in [2.75, 3.05) is 6.61 Å². The fourth-order valence-electron chi connectivity index (χ4n) is 2.88. The summed E-state index contributed by atoms with van der Waals surface area (Å²) >= 11 is 0. The van der Waals surface area contributed by atoms with Gasteiger partial charge in [0.15, 0.2) is 0 Å². The Balaban J connectivity index is 1.95. The monoisotopic (exact) mass is 266 g/mol. The minimum atomic E-state index is -0.101. The van der Waals surface area contributed by atoms with Gasteiger partial charge in [0.1, 0.15) is 0 Å². The highest BCUT2D eigenvalue weighted by Gasteiger charge is 2.28. The zero-order valence-electron chi connectivity index (χ0n) is 11.6. The van der Waals surface area contributed by atoms with Crippen LogP contribution in [0.25, 0.3) is 16.3 Å². The lowest BCUT2D eigenvalue weighted by molar-refractivity contribution is -0.145. The van der Waals surface area contributed by atoms with Crippen molar-refractivity contribution in [1.82, 2.24) is 0 Å². The third kappa shape index (κ3) is 2.34. The topological polar surface area (TPSA) is 26.3 Å². The molecule has 0 spiro atoms. The Labute approximate surface area is 119 Å². The van der Waals surface area contributed by atoms with E-state index in [-0.39, 0.29) is 11.9 Å². The van der Waals surface area contributed by atoms with Gasteiger partial charge in [-0.1, -0.05) is 42.5 Å². The maximum absolute atomic E-state index is 12.0. The summed E-state index contributed by atoms with van der Waals surface area (Å²) in [5.41, 5.74) is 2.26. The van der Waals surface area contributed by atoms with Crippen LogP contribution in [-0.2, 0) is 9.53 Å². The Hall–Kier alpha value is -2.09.